The standard InChI is InChI=1S/C21H18F3N3O3/c22-21(23,24)20(29)9-11-7-8-30-16-6-2-4-13(17(11)16)18(20)26-15-5-1-3-12-14(15)10-25-27-19(12)28/h1-6,10-11,18,26,29H,7-9H2,(H,27,28). The summed E-state index contributed by atoms with van der Waals surface area (Å²) < 4.78 is 48.2. The van der Waals surface area contributed by atoms with Gasteiger partial charge < -0.3 is 15.2 Å². The second-order valence-electron chi connectivity index (χ2n) is 7.76. The number of H-pyrrole nitrogens is 1. The molecule has 30 heavy (non-hydrogen) atoms. The Morgan fingerprint density at radius 1 is 1.20 bits per heavy atom. The van der Waals surface area contributed by atoms with Crippen molar-refractivity contribution in [1.82, 2.24) is 10.2 Å². The smallest absolute Gasteiger partial charge is 0.419 e. The Labute approximate surface area is 168 Å². The Kier molecular flexibility index (Phi) is 4.08. The average molecular weight is 417 g/mol. The second kappa shape index (κ2) is 6.46. The van der Waals surface area contributed by atoms with Crippen LogP contribution >= 0.6 is 0 Å². The number of hydrogen-bond donors (Lipinski definition) is 3. The summed E-state index contributed by atoms with van der Waals surface area (Å²) in [6.45, 7) is 0.310. The molecule has 2 heterocycles. The summed E-state index contributed by atoms with van der Waals surface area (Å²) in [4.78, 5) is 12.1. The summed E-state index contributed by atoms with van der Waals surface area (Å²) in [5, 5.41) is 20.6. The molecule has 2 aromatic carbocycles. The van der Waals surface area contributed by atoms with Crippen LogP contribution < -0.4 is 15.6 Å². The topological polar surface area (TPSA) is 87.2 Å². The monoisotopic (exact) mass is 417 g/mol. The molecule has 3 unspecified atom stereocenters. The van der Waals surface area contributed by atoms with Crippen molar-refractivity contribution in [3.8, 4) is 5.75 Å². The number of rotatable bonds is 2. The van der Waals surface area contributed by atoms with E-state index in [0.717, 1.165) is 0 Å². The number of nitrogens with one attached hydrogen (secondary N) is 2. The van der Waals surface area contributed by atoms with Gasteiger partial charge in [0.2, 0.25) is 0 Å². The zero-order valence-corrected chi connectivity index (χ0v) is 15.7. The van der Waals surface area contributed by atoms with E-state index >= 15 is 0 Å². The normalized spacial score (nSPS) is 25.5. The highest BCUT2D eigenvalue weighted by molar-refractivity contribution is 5.92. The summed E-state index contributed by atoms with van der Waals surface area (Å²) in [7, 11) is 0. The van der Waals surface area contributed by atoms with Gasteiger partial charge in [-0.1, -0.05) is 18.2 Å². The van der Waals surface area contributed by atoms with Crippen molar-refractivity contribution in [2.45, 2.75) is 36.6 Å². The molecule has 9 heteroatoms. The highest BCUT2D eigenvalue weighted by atomic mass is 19.4. The molecule has 5 rings (SSSR count). The third kappa shape index (κ3) is 2.68. The van der Waals surface area contributed by atoms with Gasteiger partial charge in [0.15, 0.2) is 5.60 Å². The molecule has 2 aliphatic rings. The molecule has 3 atom stereocenters. The third-order valence-corrected chi connectivity index (χ3v) is 6.08. The predicted molar refractivity (Wildman–Crippen MR) is 104 cm³/mol. The van der Waals surface area contributed by atoms with E-state index in [0.29, 0.717) is 35.3 Å². The zero-order chi connectivity index (χ0) is 21.1. The van der Waals surface area contributed by atoms with Gasteiger partial charge >= 0.3 is 6.18 Å². The Balaban J connectivity index is 1.71. The van der Waals surface area contributed by atoms with Crippen LogP contribution in [0.15, 0.2) is 47.4 Å². The Morgan fingerprint density at radius 2 is 2.00 bits per heavy atom. The first-order chi connectivity index (χ1) is 14.3. The van der Waals surface area contributed by atoms with E-state index in [1.54, 1.807) is 36.4 Å². The fourth-order valence-corrected chi connectivity index (χ4v) is 4.66. The van der Waals surface area contributed by atoms with Crippen LogP contribution in [0, 0.1) is 0 Å². The molecule has 3 N–H and O–H groups in total. The Hall–Kier alpha value is -3.07. The number of aliphatic hydroxyl groups is 1. The zero-order valence-electron chi connectivity index (χ0n) is 15.7. The van der Waals surface area contributed by atoms with Gasteiger partial charge in [0.05, 0.1) is 24.2 Å². The number of aromatic nitrogens is 2. The molecule has 0 fully saturated rings. The van der Waals surface area contributed by atoms with E-state index in [9.17, 15) is 23.1 Å². The van der Waals surface area contributed by atoms with Gasteiger partial charge in [-0.2, -0.15) is 18.3 Å². The van der Waals surface area contributed by atoms with Crippen LogP contribution in [0.5, 0.6) is 5.75 Å². The van der Waals surface area contributed by atoms with Crippen molar-refractivity contribution in [2.75, 3.05) is 11.9 Å². The molecule has 0 saturated carbocycles. The number of nitrogens with zero attached hydrogens (tertiary/aromatic N) is 1. The van der Waals surface area contributed by atoms with Gasteiger partial charge in [-0.3, -0.25) is 4.79 Å². The molecule has 0 radical (unpaired) electrons. The summed E-state index contributed by atoms with van der Waals surface area (Å²) in [5.74, 6) is 0.0995. The van der Waals surface area contributed by atoms with Crippen LogP contribution in [-0.2, 0) is 0 Å². The molecule has 1 aromatic heterocycles. The van der Waals surface area contributed by atoms with Gasteiger partial charge in [-0.15, -0.1) is 0 Å². The molecule has 156 valence electrons. The Bertz CT molecular complexity index is 1190. The second-order valence-corrected chi connectivity index (χ2v) is 7.76. The van der Waals surface area contributed by atoms with E-state index in [2.05, 4.69) is 15.5 Å². The minimum absolute atomic E-state index is 0.284. The van der Waals surface area contributed by atoms with Gasteiger partial charge in [-0.25, -0.2) is 5.10 Å². The van der Waals surface area contributed by atoms with Crippen LogP contribution in [0.3, 0.4) is 0 Å². The SMILES string of the molecule is O=c1[nH]ncc2c(NC3c4cccc5c4C(CCO5)CC3(O)C(F)(F)F)cccc12. The summed E-state index contributed by atoms with van der Waals surface area (Å²) in [6, 6.07) is 8.18. The van der Waals surface area contributed by atoms with Crippen molar-refractivity contribution in [3.05, 3.63) is 64.1 Å². The van der Waals surface area contributed by atoms with E-state index < -0.39 is 35.7 Å². The van der Waals surface area contributed by atoms with Gasteiger partial charge in [0, 0.05) is 16.6 Å². The minimum atomic E-state index is -4.86. The number of fused-ring (bicyclic) bond motifs is 1. The number of alkyl halides is 3. The summed E-state index contributed by atoms with van der Waals surface area (Å²) >= 11 is 0. The maximum atomic E-state index is 14.2. The van der Waals surface area contributed by atoms with E-state index in [-0.39, 0.29) is 11.1 Å². The van der Waals surface area contributed by atoms with Crippen LogP contribution in [0.1, 0.15) is 35.9 Å². The maximum Gasteiger partial charge on any atom is 0.419 e. The number of halogens is 3. The molecule has 1 aliphatic heterocycles. The lowest BCUT2D eigenvalue weighted by atomic mass is 9.68. The van der Waals surface area contributed by atoms with Crippen LogP contribution in [0.4, 0.5) is 18.9 Å². The largest absolute Gasteiger partial charge is 0.493 e. The average Bonchev–Trinajstić information content (AvgIpc) is 2.71. The fourth-order valence-electron chi connectivity index (χ4n) is 4.66. The van der Waals surface area contributed by atoms with Crippen LogP contribution in [0.25, 0.3) is 10.8 Å². The summed E-state index contributed by atoms with van der Waals surface area (Å²) in [5.41, 5.74) is -2.11. The van der Waals surface area contributed by atoms with E-state index in [1.807, 2.05) is 0 Å². The van der Waals surface area contributed by atoms with Crippen molar-refractivity contribution < 1.29 is 23.0 Å². The number of ether oxygens (including phenoxy) is 1. The summed E-state index contributed by atoms with van der Waals surface area (Å²) in [6.07, 6.45) is -3.55. The maximum absolute atomic E-state index is 14.2. The lowest BCUT2D eigenvalue weighted by Gasteiger charge is -2.47. The van der Waals surface area contributed by atoms with E-state index in [4.69, 9.17) is 4.74 Å². The number of aromatic amines is 1. The molecular formula is C21H18F3N3O3. The molecule has 0 spiro atoms. The molecule has 6 nitrogen and oxygen atoms in total. The Morgan fingerprint density at radius 3 is 2.80 bits per heavy atom. The highest BCUT2D eigenvalue weighted by Gasteiger charge is 2.62. The molecule has 0 bridgehead atoms. The van der Waals surface area contributed by atoms with Crippen molar-refractivity contribution in [1.29, 1.82) is 0 Å². The van der Waals surface area contributed by atoms with Gasteiger partial charge in [-0.05, 0) is 42.5 Å². The first-order valence-corrected chi connectivity index (χ1v) is 9.57. The predicted octanol–water partition coefficient (Wildman–Crippen LogP) is 3.64. The fraction of sp³-hybridized carbons (Fsp3) is 0.333. The first kappa shape index (κ1) is 18.9. The number of anilines is 1. The quantitative estimate of drug-likeness (QED) is 0.593. The van der Waals surface area contributed by atoms with Crippen molar-refractivity contribution in [2.24, 2.45) is 0 Å². The van der Waals surface area contributed by atoms with Gasteiger partial charge in [0.1, 0.15) is 5.75 Å². The van der Waals surface area contributed by atoms with Crippen LogP contribution in [-0.4, -0.2) is 33.7 Å². The molecule has 0 saturated heterocycles. The number of benzene rings is 2. The highest BCUT2D eigenvalue weighted by Crippen LogP contribution is 2.56. The van der Waals surface area contributed by atoms with Crippen LogP contribution in [0.2, 0.25) is 0 Å². The lowest BCUT2D eigenvalue weighted by Crippen LogP contribution is -2.56. The molecule has 1 aliphatic carbocycles. The van der Waals surface area contributed by atoms with Gasteiger partial charge in [0.25, 0.3) is 5.56 Å². The lowest BCUT2D eigenvalue weighted by molar-refractivity contribution is -0.273. The molecular weight excluding hydrogens is 399 g/mol. The third-order valence-electron chi connectivity index (χ3n) is 6.08. The minimum Gasteiger partial charge on any atom is -0.493 e. The molecule has 3 aromatic rings. The molecule has 0 amide bonds. The van der Waals surface area contributed by atoms with Crippen molar-refractivity contribution >= 4 is 16.5 Å². The van der Waals surface area contributed by atoms with E-state index in [1.165, 1.54) is 6.20 Å². The first-order valence-electron chi connectivity index (χ1n) is 9.57. The number of hydrogen-bond acceptors (Lipinski definition) is 5. The van der Waals surface area contributed by atoms with Crippen molar-refractivity contribution in [3.63, 3.8) is 0 Å².